The molecule has 1 aromatic rings. The molecule has 1 heterocycles. The van der Waals surface area contributed by atoms with Crippen molar-refractivity contribution in [2.45, 2.75) is 85.7 Å². The van der Waals surface area contributed by atoms with Crippen molar-refractivity contribution in [2.75, 3.05) is 0 Å². The monoisotopic (exact) mass is 291 g/mol. The van der Waals surface area contributed by atoms with Crippen LogP contribution in [0.5, 0.6) is 0 Å². The summed E-state index contributed by atoms with van der Waals surface area (Å²) in [6.45, 7) is 13.6. The van der Waals surface area contributed by atoms with Gasteiger partial charge in [0.1, 0.15) is 11.5 Å². The standard InChI is InChI=1S/C19H33NO/c1-7-19(5,6)16-8-10-17(11-9-16)20-14(3)18-12-13(2)21-15(18)4/h12,14,16-17,20H,7-11H2,1-6H3. The molecule has 0 spiro atoms. The zero-order valence-corrected chi connectivity index (χ0v) is 14.8. The summed E-state index contributed by atoms with van der Waals surface area (Å²) in [5, 5.41) is 3.82. The highest BCUT2D eigenvalue weighted by Crippen LogP contribution is 2.40. The van der Waals surface area contributed by atoms with Crippen LogP contribution in [0, 0.1) is 25.2 Å². The van der Waals surface area contributed by atoms with Gasteiger partial charge in [0.05, 0.1) is 0 Å². The van der Waals surface area contributed by atoms with Crippen LogP contribution < -0.4 is 5.32 Å². The minimum absolute atomic E-state index is 0.392. The fourth-order valence-corrected chi connectivity index (χ4v) is 3.85. The molecule has 1 fully saturated rings. The van der Waals surface area contributed by atoms with Crippen LogP contribution in [-0.4, -0.2) is 6.04 Å². The van der Waals surface area contributed by atoms with E-state index in [4.69, 9.17) is 4.42 Å². The molecule has 2 nitrogen and oxygen atoms in total. The van der Waals surface area contributed by atoms with Gasteiger partial charge in [0, 0.05) is 17.6 Å². The van der Waals surface area contributed by atoms with Crippen LogP contribution >= 0.6 is 0 Å². The SMILES string of the molecule is CCC(C)(C)C1CCC(NC(C)c2cc(C)oc2C)CC1. The molecule has 1 unspecified atom stereocenters. The molecule has 1 atom stereocenters. The highest BCUT2D eigenvalue weighted by Gasteiger charge is 2.32. The Morgan fingerprint density at radius 1 is 1.24 bits per heavy atom. The maximum Gasteiger partial charge on any atom is 0.105 e. The summed E-state index contributed by atoms with van der Waals surface area (Å²) >= 11 is 0. The van der Waals surface area contributed by atoms with Gasteiger partial charge in [-0.25, -0.2) is 0 Å². The molecule has 0 saturated heterocycles. The van der Waals surface area contributed by atoms with Crippen LogP contribution in [0.3, 0.4) is 0 Å². The number of nitrogens with one attached hydrogen (secondary N) is 1. The summed E-state index contributed by atoms with van der Waals surface area (Å²) in [5.41, 5.74) is 1.83. The summed E-state index contributed by atoms with van der Waals surface area (Å²) in [6.07, 6.45) is 6.66. The first-order chi connectivity index (χ1) is 9.83. The predicted molar refractivity (Wildman–Crippen MR) is 89.6 cm³/mol. The summed E-state index contributed by atoms with van der Waals surface area (Å²) in [4.78, 5) is 0. The Morgan fingerprint density at radius 3 is 2.33 bits per heavy atom. The van der Waals surface area contributed by atoms with Gasteiger partial charge in [-0.05, 0) is 63.9 Å². The summed E-state index contributed by atoms with van der Waals surface area (Å²) in [6, 6.07) is 3.24. The van der Waals surface area contributed by atoms with Crippen LogP contribution in [0.4, 0.5) is 0 Å². The van der Waals surface area contributed by atoms with Crippen molar-refractivity contribution >= 4 is 0 Å². The Bertz CT molecular complexity index is 452. The van der Waals surface area contributed by atoms with Gasteiger partial charge in [0.2, 0.25) is 0 Å². The fourth-order valence-electron chi connectivity index (χ4n) is 3.85. The third kappa shape index (κ3) is 3.91. The van der Waals surface area contributed by atoms with E-state index in [0.29, 0.717) is 17.5 Å². The van der Waals surface area contributed by atoms with E-state index in [-0.39, 0.29) is 0 Å². The van der Waals surface area contributed by atoms with E-state index in [1.807, 2.05) is 6.92 Å². The molecule has 0 radical (unpaired) electrons. The Labute approximate surface area is 130 Å². The van der Waals surface area contributed by atoms with Crippen LogP contribution in [-0.2, 0) is 0 Å². The highest BCUT2D eigenvalue weighted by atomic mass is 16.3. The number of furan rings is 1. The van der Waals surface area contributed by atoms with Crippen molar-refractivity contribution < 1.29 is 4.42 Å². The van der Waals surface area contributed by atoms with Gasteiger partial charge < -0.3 is 9.73 Å². The van der Waals surface area contributed by atoms with Crippen molar-refractivity contribution in [3.8, 4) is 0 Å². The molecular formula is C19H33NO. The molecule has 120 valence electrons. The van der Waals surface area contributed by atoms with E-state index in [0.717, 1.165) is 17.4 Å². The van der Waals surface area contributed by atoms with E-state index in [9.17, 15) is 0 Å². The Hall–Kier alpha value is -0.760. The smallest absolute Gasteiger partial charge is 0.105 e. The molecule has 0 aromatic carbocycles. The molecule has 21 heavy (non-hydrogen) atoms. The van der Waals surface area contributed by atoms with E-state index in [1.165, 1.54) is 37.7 Å². The second-order valence-electron chi connectivity index (χ2n) is 7.65. The average molecular weight is 291 g/mol. The number of rotatable bonds is 5. The minimum atomic E-state index is 0.392. The molecule has 2 heteroatoms. The molecule has 1 saturated carbocycles. The fraction of sp³-hybridized carbons (Fsp3) is 0.789. The van der Waals surface area contributed by atoms with Crippen molar-refractivity contribution in [3.63, 3.8) is 0 Å². The van der Waals surface area contributed by atoms with Crippen LogP contribution in [0.15, 0.2) is 10.5 Å². The molecule has 0 amide bonds. The van der Waals surface area contributed by atoms with Crippen LogP contribution in [0.25, 0.3) is 0 Å². The second-order valence-corrected chi connectivity index (χ2v) is 7.65. The van der Waals surface area contributed by atoms with Gasteiger partial charge in [0.25, 0.3) is 0 Å². The molecule has 1 aliphatic rings. The Morgan fingerprint density at radius 2 is 1.86 bits per heavy atom. The van der Waals surface area contributed by atoms with Crippen molar-refractivity contribution in [3.05, 3.63) is 23.2 Å². The zero-order valence-electron chi connectivity index (χ0n) is 14.8. The second kappa shape index (κ2) is 6.56. The molecule has 1 aliphatic carbocycles. The highest BCUT2D eigenvalue weighted by molar-refractivity contribution is 5.23. The lowest BCUT2D eigenvalue weighted by Gasteiger charge is -2.39. The van der Waals surface area contributed by atoms with Crippen LogP contribution in [0.2, 0.25) is 0 Å². The van der Waals surface area contributed by atoms with E-state index < -0.39 is 0 Å². The molecule has 0 bridgehead atoms. The summed E-state index contributed by atoms with van der Waals surface area (Å²) < 4.78 is 5.66. The molecular weight excluding hydrogens is 258 g/mol. The number of hydrogen-bond acceptors (Lipinski definition) is 2. The number of aryl methyl sites for hydroxylation is 2. The quantitative estimate of drug-likeness (QED) is 0.770. The third-order valence-electron chi connectivity index (χ3n) is 5.78. The lowest BCUT2D eigenvalue weighted by atomic mass is 9.69. The van der Waals surface area contributed by atoms with E-state index in [1.54, 1.807) is 0 Å². The largest absolute Gasteiger partial charge is 0.466 e. The lowest BCUT2D eigenvalue weighted by Crippen LogP contribution is -2.38. The van der Waals surface area contributed by atoms with Crippen LogP contribution in [0.1, 0.15) is 82.9 Å². The molecule has 1 aromatic heterocycles. The molecule has 2 rings (SSSR count). The summed E-state index contributed by atoms with van der Waals surface area (Å²) in [7, 11) is 0. The van der Waals surface area contributed by atoms with Gasteiger partial charge in [-0.2, -0.15) is 0 Å². The van der Waals surface area contributed by atoms with E-state index >= 15 is 0 Å². The first-order valence-corrected chi connectivity index (χ1v) is 8.66. The van der Waals surface area contributed by atoms with E-state index in [2.05, 4.69) is 46.0 Å². The first kappa shape index (κ1) is 16.6. The van der Waals surface area contributed by atoms with Gasteiger partial charge >= 0.3 is 0 Å². The summed E-state index contributed by atoms with van der Waals surface area (Å²) in [5.74, 6) is 2.98. The number of hydrogen-bond donors (Lipinski definition) is 1. The van der Waals surface area contributed by atoms with Gasteiger partial charge in [0.15, 0.2) is 0 Å². The average Bonchev–Trinajstić information content (AvgIpc) is 2.78. The molecule has 1 N–H and O–H groups in total. The van der Waals surface area contributed by atoms with Gasteiger partial charge in [-0.15, -0.1) is 0 Å². The zero-order chi connectivity index (χ0) is 15.6. The first-order valence-electron chi connectivity index (χ1n) is 8.66. The van der Waals surface area contributed by atoms with Crippen molar-refractivity contribution in [2.24, 2.45) is 11.3 Å². The predicted octanol–water partition coefficient (Wildman–Crippen LogP) is 5.54. The Kier molecular flexibility index (Phi) is 5.19. The van der Waals surface area contributed by atoms with Gasteiger partial charge in [-0.1, -0.05) is 27.2 Å². The molecule has 0 aliphatic heterocycles. The van der Waals surface area contributed by atoms with Crippen molar-refractivity contribution in [1.82, 2.24) is 5.32 Å². The third-order valence-corrected chi connectivity index (χ3v) is 5.78. The van der Waals surface area contributed by atoms with Gasteiger partial charge in [-0.3, -0.25) is 0 Å². The normalized spacial score (nSPS) is 25.0. The van der Waals surface area contributed by atoms with Crippen molar-refractivity contribution in [1.29, 1.82) is 0 Å². The topological polar surface area (TPSA) is 25.2 Å². The lowest BCUT2D eigenvalue weighted by molar-refractivity contribution is 0.134. The maximum absolute atomic E-state index is 5.66. The maximum atomic E-state index is 5.66. The minimum Gasteiger partial charge on any atom is -0.466 e. The Balaban J connectivity index is 1.87.